The van der Waals surface area contributed by atoms with E-state index < -0.39 is 26.7 Å². The van der Waals surface area contributed by atoms with Crippen LogP contribution in [-0.4, -0.2) is 33.1 Å². The van der Waals surface area contributed by atoms with Gasteiger partial charge in [0.2, 0.25) is 10.0 Å². The van der Waals surface area contributed by atoms with E-state index in [4.69, 9.17) is 4.74 Å². The van der Waals surface area contributed by atoms with Crippen LogP contribution in [0.1, 0.15) is 6.92 Å². The van der Waals surface area contributed by atoms with E-state index in [0.29, 0.717) is 0 Å². The van der Waals surface area contributed by atoms with Gasteiger partial charge in [0.15, 0.2) is 4.90 Å². The van der Waals surface area contributed by atoms with Gasteiger partial charge in [-0.15, -0.1) is 0 Å². The summed E-state index contributed by atoms with van der Waals surface area (Å²) in [5.74, 6) is 0. The molecule has 1 rings (SSSR count). The summed E-state index contributed by atoms with van der Waals surface area (Å²) in [5, 5.41) is 10.8. The first-order chi connectivity index (χ1) is 8.38. The molecular formula is C10H14N2O5S. The van der Waals surface area contributed by atoms with Crippen LogP contribution in [0.2, 0.25) is 0 Å². The zero-order valence-electron chi connectivity index (χ0n) is 9.99. The summed E-state index contributed by atoms with van der Waals surface area (Å²) in [5.41, 5.74) is -0.449. The minimum atomic E-state index is -3.93. The molecule has 1 atom stereocenters. The van der Waals surface area contributed by atoms with Crippen LogP contribution in [0.5, 0.6) is 0 Å². The molecule has 1 aromatic carbocycles. The highest BCUT2D eigenvalue weighted by atomic mass is 32.2. The van der Waals surface area contributed by atoms with Crippen LogP contribution in [0.25, 0.3) is 0 Å². The van der Waals surface area contributed by atoms with E-state index in [0.717, 1.165) is 6.07 Å². The van der Waals surface area contributed by atoms with Crippen molar-refractivity contribution in [1.29, 1.82) is 0 Å². The standard InChI is InChI=1S/C10H14N2O5S/c1-8(7-17-2)11-18(15,16)10-6-4-3-5-9(10)12(13)14/h3-6,8,11H,7H2,1-2H3/t8-/m0/s1. The summed E-state index contributed by atoms with van der Waals surface area (Å²) >= 11 is 0. The molecule has 0 heterocycles. The number of ether oxygens (including phenoxy) is 1. The monoisotopic (exact) mass is 274 g/mol. The van der Waals surface area contributed by atoms with Gasteiger partial charge in [-0.2, -0.15) is 0 Å². The quantitative estimate of drug-likeness (QED) is 0.614. The minimum Gasteiger partial charge on any atom is -0.383 e. The normalized spacial score (nSPS) is 13.2. The number of para-hydroxylation sites is 1. The lowest BCUT2D eigenvalue weighted by molar-refractivity contribution is -0.387. The molecule has 0 spiro atoms. The van der Waals surface area contributed by atoms with Gasteiger partial charge in [0.25, 0.3) is 5.69 Å². The second-order valence-electron chi connectivity index (χ2n) is 3.70. The SMILES string of the molecule is COC[C@H](C)NS(=O)(=O)c1ccccc1[N+](=O)[O-]. The molecule has 0 saturated carbocycles. The van der Waals surface area contributed by atoms with Crippen molar-refractivity contribution in [2.45, 2.75) is 17.9 Å². The fraction of sp³-hybridized carbons (Fsp3) is 0.400. The number of hydrogen-bond acceptors (Lipinski definition) is 5. The van der Waals surface area contributed by atoms with Crippen molar-refractivity contribution in [3.8, 4) is 0 Å². The third-order valence-electron chi connectivity index (χ3n) is 2.12. The van der Waals surface area contributed by atoms with E-state index in [9.17, 15) is 18.5 Å². The summed E-state index contributed by atoms with van der Waals surface area (Å²) in [7, 11) is -2.49. The van der Waals surface area contributed by atoms with Gasteiger partial charge in [0.1, 0.15) is 0 Å². The van der Waals surface area contributed by atoms with E-state index in [2.05, 4.69) is 4.72 Å². The molecule has 8 heteroatoms. The van der Waals surface area contributed by atoms with Crippen LogP contribution in [0.3, 0.4) is 0 Å². The minimum absolute atomic E-state index is 0.180. The number of rotatable bonds is 6. The van der Waals surface area contributed by atoms with Gasteiger partial charge in [0, 0.05) is 19.2 Å². The number of nitrogens with zero attached hydrogens (tertiary/aromatic N) is 1. The van der Waals surface area contributed by atoms with Crippen molar-refractivity contribution in [2.75, 3.05) is 13.7 Å². The molecule has 1 N–H and O–H groups in total. The lowest BCUT2D eigenvalue weighted by Gasteiger charge is -2.13. The predicted molar refractivity (Wildman–Crippen MR) is 64.8 cm³/mol. The summed E-state index contributed by atoms with van der Waals surface area (Å²) in [6.45, 7) is 1.79. The largest absolute Gasteiger partial charge is 0.383 e. The topological polar surface area (TPSA) is 98.5 Å². The number of nitro groups is 1. The third-order valence-corrected chi connectivity index (χ3v) is 3.76. The van der Waals surface area contributed by atoms with Gasteiger partial charge in [-0.05, 0) is 13.0 Å². The van der Waals surface area contributed by atoms with E-state index in [1.165, 1.54) is 25.3 Å². The van der Waals surface area contributed by atoms with Crippen molar-refractivity contribution >= 4 is 15.7 Å². The van der Waals surface area contributed by atoms with E-state index in [1.54, 1.807) is 6.92 Å². The molecule has 0 unspecified atom stereocenters. The number of nitro benzene ring substituents is 1. The fourth-order valence-electron chi connectivity index (χ4n) is 1.45. The number of benzene rings is 1. The van der Waals surface area contributed by atoms with Gasteiger partial charge >= 0.3 is 0 Å². The highest BCUT2D eigenvalue weighted by Crippen LogP contribution is 2.22. The predicted octanol–water partition coefficient (Wildman–Crippen LogP) is 0.908. The molecule has 0 bridgehead atoms. The Hall–Kier alpha value is -1.51. The second kappa shape index (κ2) is 5.89. The summed E-state index contributed by atoms with van der Waals surface area (Å²) in [6.07, 6.45) is 0. The van der Waals surface area contributed by atoms with E-state index in [1.807, 2.05) is 0 Å². The first-order valence-electron chi connectivity index (χ1n) is 5.13. The maximum Gasteiger partial charge on any atom is 0.289 e. The van der Waals surface area contributed by atoms with Crippen molar-refractivity contribution in [3.63, 3.8) is 0 Å². The third kappa shape index (κ3) is 3.49. The van der Waals surface area contributed by atoms with Crippen LogP contribution in [-0.2, 0) is 14.8 Å². The first kappa shape index (κ1) is 14.6. The molecule has 7 nitrogen and oxygen atoms in total. The first-order valence-corrected chi connectivity index (χ1v) is 6.61. The Kier molecular flexibility index (Phi) is 4.76. The number of sulfonamides is 1. The Morgan fingerprint density at radius 2 is 2.06 bits per heavy atom. The van der Waals surface area contributed by atoms with Crippen LogP contribution in [0, 0.1) is 10.1 Å². The van der Waals surface area contributed by atoms with Crippen LogP contribution >= 0.6 is 0 Å². The molecule has 18 heavy (non-hydrogen) atoms. The smallest absolute Gasteiger partial charge is 0.289 e. The lowest BCUT2D eigenvalue weighted by Crippen LogP contribution is -2.35. The van der Waals surface area contributed by atoms with E-state index in [-0.39, 0.29) is 11.5 Å². The number of methoxy groups -OCH3 is 1. The lowest BCUT2D eigenvalue weighted by atomic mass is 10.3. The molecule has 0 aliphatic rings. The summed E-state index contributed by atoms with van der Waals surface area (Å²) in [6, 6.07) is 4.72. The molecule has 0 aromatic heterocycles. The van der Waals surface area contributed by atoms with Crippen molar-refractivity contribution in [2.24, 2.45) is 0 Å². The molecule has 1 aromatic rings. The number of nitrogens with one attached hydrogen (secondary N) is 1. The Morgan fingerprint density at radius 3 is 2.61 bits per heavy atom. The van der Waals surface area contributed by atoms with Crippen molar-refractivity contribution < 1.29 is 18.1 Å². The molecule has 100 valence electrons. The van der Waals surface area contributed by atoms with Gasteiger partial charge in [0.05, 0.1) is 11.5 Å². The molecule has 0 fully saturated rings. The summed E-state index contributed by atoms with van der Waals surface area (Å²) in [4.78, 5) is 9.69. The highest BCUT2D eigenvalue weighted by molar-refractivity contribution is 7.89. The van der Waals surface area contributed by atoms with Gasteiger partial charge in [-0.1, -0.05) is 12.1 Å². The average Bonchev–Trinajstić information content (AvgIpc) is 2.28. The van der Waals surface area contributed by atoms with Crippen LogP contribution < -0.4 is 4.72 Å². The molecule has 0 saturated heterocycles. The summed E-state index contributed by atoms with van der Waals surface area (Å²) < 4.78 is 31.1. The van der Waals surface area contributed by atoms with E-state index >= 15 is 0 Å². The van der Waals surface area contributed by atoms with Gasteiger partial charge in [-0.3, -0.25) is 10.1 Å². The van der Waals surface area contributed by atoms with Crippen LogP contribution in [0.4, 0.5) is 5.69 Å². The Labute approximate surface area is 105 Å². The van der Waals surface area contributed by atoms with Gasteiger partial charge < -0.3 is 4.74 Å². The molecule has 0 aliphatic heterocycles. The molecule has 0 amide bonds. The zero-order valence-corrected chi connectivity index (χ0v) is 10.8. The molecular weight excluding hydrogens is 260 g/mol. The fourth-order valence-corrected chi connectivity index (χ4v) is 2.85. The Balaban J connectivity index is 3.09. The molecule has 0 radical (unpaired) electrons. The molecule has 0 aliphatic carbocycles. The van der Waals surface area contributed by atoms with Crippen molar-refractivity contribution in [1.82, 2.24) is 4.72 Å². The van der Waals surface area contributed by atoms with Crippen molar-refractivity contribution in [3.05, 3.63) is 34.4 Å². The van der Waals surface area contributed by atoms with Crippen LogP contribution in [0.15, 0.2) is 29.2 Å². The van der Waals surface area contributed by atoms with Gasteiger partial charge in [-0.25, -0.2) is 13.1 Å². The zero-order chi connectivity index (χ0) is 13.8. The average molecular weight is 274 g/mol. The Morgan fingerprint density at radius 1 is 1.44 bits per heavy atom. The number of hydrogen-bond donors (Lipinski definition) is 1. The maximum absolute atomic E-state index is 12.0. The Bertz CT molecular complexity index is 529. The highest BCUT2D eigenvalue weighted by Gasteiger charge is 2.26. The second-order valence-corrected chi connectivity index (χ2v) is 5.38. The maximum atomic E-state index is 12.0.